The molecule has 98 valence electrons. The lowest BCUT2D eigenvalue weighted by Crippen LogP contribution is -2.28. The average Bonchev–Trinajstić information content (AvgIpc) is 2.97. The molecule has 0 aromatic carbocycles. The fraction of sp³-hybridized carbons (Fsp3) is 0.429. The molecule has 0 aliphatic rings. The first kappa shape index (κ1) is 13.7. The van der Waals surface area contributed by atoms with Crippen LogP contribution in [-0.4, -0.2) is 25.0 Å². The highest BCUT2D eigenvalue weighted by Crippen LogP contribution is 2.14. The Labute approximate surface area is 117 Å². The van der Waals surface area contributed by atoms with Crippen LogP contribution in [0.1, 0.15) is 15.3 Å². The standard InChI is InChI=1S/C14H20N2S2/c1-12-5-9-18-14(12)10-15-6-7-16(2)11-13-4-3-8-17-13/h3-5,8-9,15H,6-7,10-11H2,1-2H3. The van der Waals surface area contributed by atoms with Crippen LogP contribution in [-0.2, 0) is 13.1 Å². The molecule has 2 aromatic heterocycles. The summed E-state index contributed by atoms with van der Waals surface area (Å²) in [6.45, 7) is 6.35. The second-order valence-corrected chi connectivity index (χ2v) is 6.55. The Kier molecular flexibility index (Phi) is 5.38. The molecule has 2 heterocycles. The number of thiophene rings is 2. The van der Waals surface area contributed by atoms with Crippen LogP contribution in [0.15, 0.2) is 29.0 Å². The van der Waals surface area contributed by atoms with Crippen LogP contribution in [0, 0.1) is 6.92 Å². The summed E-state index contributed by atoms with van der Waals surface area (Å²) in [6.07, 6.45) is 0. The van der Waals surface area contributed by atoms with E-state index in [0.717, 1.165) is 26.2 Å². The van der Waals surface area contributed by atoms with Crippen molar-refractivity contribution in [3.8, 4) is 0 Å². The zero-order valence-corrected chi connectivity index (χ0v) is 12.6. The average molecular weight is 280 g/mol. The highest BCUT2D eigenvalue weighted by Gasteiger charge is 2.02. The molecule has 2 nitrogen and oxygen atoms in total. The maximum atomic E-state index is 3.51. The van der Waals surface area contributed by atoms with Crippen molar-refractivity contribution in [2.45, 2.75) is 20.0 Å². The summed E-state index contributed by atoms with van der Waals surface area (Å²) in [7, 11) is 2.18. The highest BCUT2D eigenvalue weighted by molar-refractivity contribution is 7.10. The van der Waals surface area contributed by atoms with Crippen LogP contribution in [0.3, 0.4) is 0 Å². The molecule has 0 fully saturated rings. The number of hydrogen-bond acceptors (Lipinski definition) is 4. The normalized spacial score (nSPS) is 11.3. The van der Waals surface area contributed by atoms with Gasteiger partial charge in [-0.05, 0) is 42.4 Å². The molecular weight excluding hydrogens is 260 g/mol. The van der Waals surface area contributed by atoms with E-state index in [-0.39, 0.29) is 0 Å². The maximum absolute atomic E-state index is 3.51. The summed E-state index contributed by atoms with van der Waals surface area (Å²) < 4.78 is 0. The molecule has 2 aromatic rings. The van der Waals surface area contributed by atoms with E-state index in [1.165, 1.54) is 15.3 Å². The Bertz CT molecular complexity index is 448. The van der Waals surface area contributed by atoms with Crippen molar-refractivity contribution in [1.82, 2.24) is 10.2 Å². The lowest BCUT2D eigenvalue weighted by atomic mass is 10.3. The Morgan fingerprint density at radius 1 is 1.22 bits per heavy atom. The van der Waals surface area contributed by atoms with Gasteiger partial charge in [0.15, 0.2) is 0 Å². The molecule has 0 aliphatic carbocycles. The number of nitrogens with one attached hydrogen (secondary N) is 1. The van der Waals surface area contributed by atoms with E-state index < -0.39 is 0 Å². The van der Waals surface area contributed by atoms with Gasteiger partial charge >= 0.3 is 0 Å². The first-order chi connectivity index (χ1) is 8.75. The van der Waals surface area contributed by atoms with Gasteiger partial charge in [-0.1, -0.05) is 6.07 Å². The van der Waals surface area contributed by atoms with Crippen molar-refractivity contribution in [2.24, 2.45) is 0 Å². The number of likely N-dealkylation sites (N-methyl/N-ethyl adjacent to an activating group) is 1. The molecule has 0 saturated heterocycles. The third-order valence-corrected chi connectivity index (χ3v) is 4.81. The maximum Gasteiger partial charge on any atom is 0.0325 e. The number of nitrogens with zero attached hydrogens (tertiary/aromatic N) is 1. The molecule has 0 radical (unpaired) electrons. The Hall–Kier alpha value is -0.680. The summed E-state index contributed by atoms with van der Waals surface area (Å²) >= 11 is 3.67. The largest absolute Gasteiger partial charge is 0.311 e. The molecule has 18 heavy (non-hydrogen) atoms. The number of aryl methyl sites for hydroxylation is 1. The van der Waals surface area contributed by atoms with E-state index in [1.807, 2.05) is 22.7 Å². The third-order valence-electron chi connectivity index (χ3n) is 2.93. The van der Waals surface area contributed by atoms with Gasteiger partial charge in [-0.25, -0.2) is 0 Å². The molecule has 0 aliphatic heterocycles. The predicted octanol–water partition coefficient (Wildman–Crippen LogP) is 3.34. The van der Waals surface area contributed by atoms with Gasteiger partial charge < -0.3 is 10.2 Å². The van der Waals surface area contributed by atoms with Gasteiger partial charge in [0, 0.05) is 35.9 Å². The van der Waals surface area contributed by atoms with Crippen LogP contribution in [0.25, 0.3) is 0 Å². The van der Waals surface area contributed by atoms with Crippen molar-refractivity contribution >= 4 is 22.7 Å². The van der Waals surface area contributed by atoms with Gasteiger partial charge in [-0.15, -0.1) is 22.7 Å². The zero-order valence-electron chi connectivity index (χ0n) is 11.0. The monoisotopic (exact) mass is 280 g/mol. The van der Waals surface area contributed by atoms with Crippen LogP contribution in [0.2, 0.25) is 0 Å². The molecule has 1 N–H and O–H groups in total. The van der Waals surface area contributed by atoms with E-state index >= 15 is 0 Å². The van der Waals surface area contributed by atoms with Crippen molar-refractivity contribution in [2.75, 3.05) is 20.1 Å². The van der Waals surface area contributed by atoms with Crippen molar-refractivity contribution < 1.29 is 0 Å². The Balaban J connectivity index is 1.62. The number of rotatable bonds is 7. The first-order valence-electron chi connectivity index (χ1n) is 6.20. The molecule has 2 rings (SSSR count). The molecule has 4 heteroatoms. The zero-order chi connectivity index (χ0) is 12.8. The molecular formula is C14H20N2S2. The summed E-state index contributed by atoms with van der Waals surface area (Å²) in [6, 6.07) is 6.50. The minimum atomic E-state index is 0.996. The summed E-state index contributed by atoms with van der Waals surface area (Å²) in [4.78, 5) is 5.25. The van der Waals surface area contributed by atoms with Crippen LogP contribution in [0.5, 0.6) is 0 Å². The summed E-state index contributed by atoms with van der Waals surface area (Å²) in [5.74, 6) is 0. The summed E-state index contributed by atoms with van der Waals surface area (Å²) in [5, 5.41) is 7.81. The Morgan fingerprint density at radius 2 is 2.11 bits per heavy atom. The SMILES string of the molecule is Cc1ccsc1CNCCN(C)Cc1cccs1. The van der Waals surface area contributed by atoms with E-state index in [4.69, 9.17) is 0 Å². The first-order valence-corrected chi connectivity index (χ1v) is 7.96. The van der Waals surface area contributed by atoms with E-state index in [0.29, 0.717) is 0 Å². The minimum Gasteiger partial charge on any atom is -0.311 e. The van der Waals surface area contributed by atoms with E-state index in [1.54, 1.807) is 0 Å². The van der Waals surface area contributed by atoms with Crippen molar-refractivity contribution in [3.05, 3.63) is 44.3 Å². The van der Waals surface area contributed by atoms with Crippen molar-refractivity contribution in [1.29, 1.82) is 0 Å². The van der Waals surface area contributed by atoms with E-state index in [9.17, 15) is 0 Å². The second kappa shape index (κ2) is 7.04. The van der Waals surface area contributed by atoms with Gasteiger partial charge in [0.2, 0.25) is 0 Å². The van der Waals surface area contributed by atoms with Gasteiger partial charge in [0.25, 0.3) is 0 Å². The van der Waals surface area contributed by atoms with Crippen LogP contribution >= 0.6 is 22.7 Å². The fourth-order valence-corrected chi connectivity index (χ4v) is 3.46. The fourth-order valence-electron chi connectivity index (χ4n) is 1.80. The lowest BCUT2D eigenvalue weighted by Gasteiger charge is -2.15. The molecule has 0 atom stereocenters. The predicted molar refractivity (Wildman–Crippen MR) is 81.4 cm³/mol. The molecule has 0 amide bonds. The quantitative estimate of drug-likeness (QED) is 0.783. The van der Waals surface area contributed by atoms with Gasteiger partial charge in [0.05, 0.1) is 0 Å². The molecule has 0 spiro atoms. The third kappa shape index (κ3) is 4.21. The van der Waals surface area contributed by atoms with Crippen molar-refractivity contribution in [3.63, 3.8) is 0 Å². The topological polar surface area (TPSA) is 15.3 Å². The summed E-state index contributed by atoms with van der Waals surface area (Å²) in [5.41, 5.74) is 1.40. The number of hydrogen-bond donors (Lipinski definition) is 1. The minimum absolute atomic E-state index is 0.996. The van der Waals surface area contributed by atoms with Crippen LogP contribution in [0.4, 0.5) is 0 Å². The molecule has 0 saturated carbocycles. The molecule has 0 bridgehead atoms. The Morgan fingerprint density at radius 3 is 2.78 bits per heavy atom. The smallest absolute Gasteiger partial charge is 0.0325 e. The molecule has 0 unspecified atom stereocenters. The van der Waals surface area contributed by atoms with Crippen LogP contribution < -0.4 is 5.32 Å². The highest BCUT2D eigenvalue weighted by atomic mass is 32.1. The van der Waals surface area contributed by atoms with Gasteiger partial charge in [-0.2, -0.15) is 0 Å². The van der Waals surface area contributed by atoms with Gasteiger partial charge in [0.1, 0.15) is 0 Å². The second-order valence-electron chi connectivity index (χ2n) is 4.52. The van der Waals surface area contributed by atoms with E-state index in [2.05, 4.69) is 53.1 Å². The lowest BCUT2D eigenvalue weighted by molar-refractivity contribution is 0.327. The van der Waals surface area contributed by atoms with Gasteiger partial charge in [-0.3, -0.25) is 0 Å².